The molecule has 1 heterocycles. The molecule has 3 rings (SSSR count). The van der Waals surface area contributed by atoms with Crippen molar-refractivity contribution in [2.24, 2.45) is 4.99 Å². The van der Waals surface area contributed by atoms with Gasteiger partial charge < -0.3 is 10.2 Å². The average Bonchev–Trinajstić information content (AvgIpc) is 2.90. The van der Waals surface area contributed by atoms with E-state index in [1.54, 1.807) is 0 Å². The number of nitrogens with zero attached hydrogens (tertiary/aromatic N) is 2. The number of aliphatic imine (C=N–C) groups is 1. The van der Waals surface area contributed by atoms with Gasteiger partial charge in [0.25, 0.3) is 5.91 Å². The number of phenolic OH excluding ortho intramolecular Hbond substituents is 2. The summed E-state index contributed by atoms with van der Waals surface area (Å²) in [5.74, 6) is -7.35. The number of amidine groups is 1. The monoisotopic (exact) mass is 392 g/mol. The number of hydrogen-bond acceptors (Lipinski definition) is 4. The summed E-state index contributed by atoms with van der Waals surface area (Å²) >= 11 is 0. The second kappa shape index (κ2) is 7.18. The van der Waals surface area contributed by atoms with Crippen molar-refractivity contribution < 1.29 is 32.6 Å². The average molecular weight is 392 g/mol. The summed E-state index contributed by atoms with van der Waals surface area (Å²) in [6.45, 7) is 0. The third-order valence-corrected chi connectivity index (χ3v) is 3.91. The molecule has 9 heteroatoms. The lowest BCUT2D eigenvalue weighted by Crippen LogP contribution is -2.26. The number of hydrogen-bond donors (Lipinski definition) is 2. The van der Waals surface area contributed by atoms with E-state index in [-0.39, 0.29) is 22.7 Å². The van der Waals surface area contributed by atoms with Crippen LogP contribution in [0.25, 0.3) is 12.2 Å². The first-order valence-electron chi connectivity index (χ1n) is 7.80. The SMILES string of the molecule is CN1C(=O)/C(=C\c2cc(F)c(O)c(F)c2)N=C1/C=C/c1cc(F)c(O)c(F)c1. The van der Waals surface area contributed by atoms with Gasteiger partial charge in [-0.25, -0.2) is 22.6 Å². The Labute approximate surface area is 156 Å². The maximum atomic E-state index is 13.4. The Morgan fingerprint density at radius 2 is 1.32 bits per heavy atom. The van der Waals surface area contributed by atoms with Gasteiger partial charge in [-0.2, -0.15) is 0 Å². The standard InChI is InChI=1S/C19H12F4N2O3/c1-25-16(3-2-9-4-11(20)17(26)12(21)5-9)24-15(19(25)28)8-10-6-13(22)18(27)14(23)7-10/h2-8,26-27H,1H3/b3-2+,15-8+. The van der Waals surface area contributed by atoms with Gasteiger partial charge in [0.1, 0.15) is 11.5 Å². The summed E-state index contributed by atoms with van der Waals surface area (Å²) in [6, 6.07) is 3.46. The van der Waals surface area contributed by atoms with Crippen LogP contribution in [0.4, 0.5) is 17.6 Å². The Hall–Kier alpha value is -3.62. The van der Waals surface area contributed by atoms with Gasteiger partial charge in [0, 0.05) is 7.05 Å². The van der Waals surface area contributed by atoms with Gasteiger partial charge in [-0.05, 0) is 47.5 Å². The molecule has 0 unspecified atom stereocenters. The molecule has 2 aromatic carbocycles. The summed E-state index contributed by atoms with van der Waals surface area (Å²) in [6.07, 6.45) is 3.71. The van der Waals surface area contributed by atoms with E-state index in [4.69, 9.17) is 10.2 Å². The second-order valence-corrected chi connectivity index (χ2v) is 5.86. The first kappa shape index (κ1) is 19.2. The van der Waals surface area contributed by atoms with E-state index in [2.05, 4.69) is 4.99 Å². The lowest BCUT2D eigenvalue weighted by atomic mass is 10.1. The van der Waals surface area contributed by atoms with E-state index < -0.39 is 40.7 Å². The maximum absolute atomic E-state index is 13.4. The number of carbonyl (C=O) groups is 1. The first-order valence-corrected chi connectivity index (χ1v) is 7.80. The summed E-state index contributed by atoms with van der Waals surface area (Å²) in [7, 11) is 1.39. The number of amides is 1. The molecule has 28 heavy (non-hydrogen) atoms. The quantitative estimate of drug-likeness (QED) is 0.620. The summed E-state index contributed by atoms with van der Waals surface area (Å²) < 4.78 is 53.6. The van der Waals surface area contributed by atoms with Crippen LogP contribution in [0.2, 0.25) is 0 Å². The molecule has 144 valence electrons. The lowest BCUT2D eigenvalue weighted by Gasteiger charge is -2.07. The molecule has 5 nitrogen and oxygen atoms in total. The van der Waals surface area contributed by atoms with Crippen molar-refractivity contribution in [1.29, 1.82) is 0 Å². The van der Waals surface area contributed by atoms with Gasteiger partial charge >= 0.3 is 0 Å². The van der Waals surface area contributed by atoms with Crippen molar-refractivity contribution in [2.45, 2.75) is 0 Å². The molecule has 0 saturated carbocycles. The van der Waals surface area contributed by atoms with Crippen molar-refractivity contribution >= 4 is 23.9 Å². The van der Waals surface area contributed by atoms with Crippen LogP contribution in [0.5, 0.6) is 11.5 Å². The number of phenols is 2. The van der Waals surface area contributed by atoms with Crippen LogP contribution in [-0.4, -0.2) is 33.9 Å². The molecule has 1 aliphatic heterocycles. The van der Waals surface area contributed by atoms with E-state index in [1.165, 1.54) is 19.2 Å². The largest absolute Gasteiger partial charge is 0.503 e. The van der Waals surface area contributed by atoms with Gasteiger partial charge in [0.2, 0.25) is 0 Å². The molecule has 2 N–H and O–H groups in total. The number of likely N-dealkylation sites (N-methyl/N-ethyl adjacent to an activating group) is 1. The summed E-state index contributed by atoms with van der Waals surface area (Å²) in [4.78, 5) is 17.4. The molecule has 0 radical (unpaired) electrons. The van der Waals surface area contributed by atoms with E-state index >= 15 is 0 Å². The third-order valence-electron chi connectivity index (χ3n) is 3.91. The smallest absolute Gasteiger partial charge is 0.277 e. The number of rotatable bonds is 3. The normalized spacial score (nSPS) is 15.8. The highest BCUT2D eigenvalue weighted by Gasteiger charge is 2.25. The van der Waals surface area contributed by atoms with Crippen LogP contribution < -0.4 is 0 Å². The molecular formula is C19H12F4N2O3. The van der Waals surface area contributed by atoms with Gasteiger partial charge in [0.15, 0.2) is 34.8 Å². The predicted molar refractivity (Wildman–Crippen MR) is 93.3 cm³/mol. The van der Waals surface area contributed by atoms with Crippen LogP contribution in [0, 0.1) is 23.3 Å². The van der Waals surface area contributed by atoms with Crippen molar-refractivity contribution in [2.75, 3.05) is 7.05 Å². The molecule has 0 aliphatic carbocycles. The Morgan fingerprint density at radius 1 is 0.857 bits per heavy atom. The Morgan fingerprint density at radius 3 is 1.82 bits per heavy atom. The highest BCUT2D eigenvalue weighted by molar-refractivity contribution is 6.18. The van der Waals surface area contributed by atoms with Crippen LogP contribution in [0.15, 0.2) is 41.0 Å². The van der Waals surface area contributed by atoms with Gasteiger partial charge in [-0.1, -0.05) is 6.08 Å². The molecule has 2 aromatic rings. The Kier molecular flexibility index (Phi) is 4.91. The highest BCUT2D eigenvalue weighted by Crippen LogP contribution is 2.25. The van der Waals surface area contributed by atoms with Crippen LogP contribution in [0.1, 0.15) is 11.1 Å². The third kappa shape index (κ3) is 3.59. The molecule has 0 aromatic heterocycles. The van der Waals surface area contributed by atoms with Crippen molar-refractivity contribution in [3.05, 3.63) is 70.4 Å². The fourth-order valence-electron chi connectivity index (χ4n) is 2.44. The van der Waals surface area contributed by atoms with E-state index in [9.17, 15) is 22.4 Å². The molecule has 1 aliphatic rings. The number of aromatic hydroxyl groups is 2. The maximum Gasteiger partial charge on any atom is 0.277 e. The first-order chi connectivity index (χ1) is 13.2. The Bertz CT molecular complexity index is 1030. The summed E-state index contributed by atoms with van der Waals surface area (Å²) in [5, 5.41) is 18.2. The van der Waals surface area contributed by atoms with Gasteiger partial charge in [0.05, 0.1) is 0 Å². The summed E-state index contributed by atoms with van der Waals surface area (Å²) in [5.41, 5.74) is -0.0765. The molecule has 0 fully saturated rings. The van der Waals surface area contributed by atoms with E-state index in [0.29, 0.717) is 0 Å². The van der Waals surface area contributed by atoms with E-state index in [0.717, 1.165) is 35.2 Å². The number of carbonyl (C=O) groups excluding carboxylic acids is 1. The molecule has 0 saturated heterocycles. The van der Waals surface area contributed by atoms with Crippen LogP contribution >= 0.6 is 0 Å². The molecule has 0 atom stereocenters. The molecule has 1 amide bonds. The minimum atomic E-state index is -1.19. The van der Waals surface area contributed by atoms with Crippen LogP contribution in [0.3, 0.4) is 0 Å². The zero-order chi connectivity index (χ0) is 20.6. The van der Waals surface area contributed by atoms with Gasteiger partial charge in [-0.3, -0.25) is 9.69 Å². The zero-order valence-corrected chi connectivity index (χ0v) is 14.3. The fourth-order valence-corrected chi connectivity index (χ4v) is 2.44. The Balaban J connectivity index is 1.92. The topological polar surface area (TPSA) is 73.1 Å². The number of halogens is 4. The fraction of sp³-hybridized carbons (Fsp3) is 0.0526. The zero-order valence-electron chi connectivity index (χ0n) is 14.3. The number of benzene rings is 2. The van der Waals surface area contributed by atoms with Gasteiger partial charge in [-0.15, -0.1) is 0 Å². The second-order valence-electron chi connectivity index (χ2n) is 5.86. The van der Waals surface area contributed by atoms with Crippen molar-refractivity contribution in [3.8, 4) is 11.5 Å². The predicted octanol–water partition coefficient (Wildman–Crippen LogP) is 3.58. The van der Waals surface area contributed by atoms with Crippen molar-refractivity contribution in [1.82, 2.24) is 4.90 Å². The molecule has 0 spiro atoms. The molecular weight excluding hydrogens is 380 g/mol. The van der Waals surface area contributed by atoms with Crippen molar-refractivity contribution in [3.63, 3.8) is 0 Å². The minimum absolute atomic E-state index is 0.0267. The highest BCUT2D eigenvalue weighted by atomic mass is 19.1. The minimum Gasteiger partial charge on any atom is -0.503 e. The lowest BCUT2D eigenvalue weighted by molar-refractivity contribution is -0.121. The van der Waals surface area contributed by atoms with Crippen LogP contribution in [-0.2, 0) is 4.79 Å². The molecule has 0 bridgehead atoms. The van der Waals surface area contributed by atoms with E-state index in [1.807, 2.05) is 0 Å².